The fourth-order valence-corrected chi connectivity index (χ4v) is 4.98. The molecular weight excluding hydrogens is 184 g/mol. The first kappa shape index (κ1) is 9.68. The predicted molar refractivity (Wildman–Crippen MR) is 62.7 cm³/mol. The number of hydrogen-bond donors (Lipinski definition) is 1. The summed E-state index contributed by atoms with van der Waals surface area (Å²) < 4.78 is 0. The molecule has 4 fully saturated rings. The Balaban J connectivity index is 1.86. The summed E-state index contributed by atoms with van der Waals surface area (Å²) >= 11 is 0. The number of rotatable bonds is 2. The molecule has 4 aliphatic rings. The van der Waals surface area contributed by atoms with Gasteiger partial charge in [-0.25, -0.2) is 0 Å². The minimum absolute atomic E-state index is 0.455. The second-order valence-electron chi connectivity index (χ2n) is 6.25. The van der Waals surface area contributed by atoms with E-state index in [9.17, 15) is 0 Å². The van der Waals surface area contributed by atoms with Crippen LogP contribution in [0.4, 0.5) is 0 Å². The van der Waals surface area contributed by atoms with E-state index in [4.69, 9.17) is 5.73 Å². The highest BCUT2D eigenvalue weighted by Gasteiger charge is 2.53. The molecule has 15 heavy (non-hydrogen) atoms. The average molecular weight is 206 g/mol. The summed E-state index contributed by atoms with van der Waals surface area (Å²) in [5, 5.41) is 0. The summed E-state index contributed by atoms with van der Waals surface area (Å²) in [6.07, 6.45) is 10.3. The van der Waals surface area contributed by atoms with Gasteiger partial charge in [0.1, 0.15) is 0 Å². The van der Waals surface area contributed by atoms with Crippen molar-refractivity contribution in [1.82, 2.24) is 0 Å². The smallest absolute Gasteiger partial charge is 0.0801 e. The van der Waals surface area contributed by atoms with Crippen LogP contribution in [0.3, 0.4) is 0 Å². The Kier molecular flexibility index (Phi) is 2.08. The number of hydrogen-bond acceptors (Lipinski definition) is 1. The fraction of sp³-hybridized carbons (Fsp3) is 0.923. The standard InChI is InChI=1S/C13H22N2/c1-9(15-8-14)13-5-10-2-11(6-13)4-12(3-10)7-13/h8-12H,2-7H2,1H3,(H2,14,15). The first-order chi connectivity index (χ1) is 7.22. The van der Waals surface area contributed by atoms with Gasteiger partial charge in [-0.2, -0.15) is 0 Å². The second-order valence-corrected chi connectivity index (χ2v) is 6.25. The van der Waals surface area contributed by atoms with E-state index in [0.29, 0.717) is 11.5 Å². The molecule has 0 aliphatic heterocycles. The van der Waals surface area contributed by atoms with Crippen molar-refractivity contribution in [3.05, 3.63) is 0 Å². The highest BCUT2D eigenvalue weighted by molar-refractivity contribution is 5.51. The van der Waals surface area contributed by atoms with Crippen LogP contribution in [-0.4, -0.2) is 12.4 Å². The molecule has 2 N–H and O–H groups in total. The monoisotopic (exact) mass is 206 g/mol. The first-order valence-corrected chi connectivity index (χ1v) is 6.45. The van der Waals surface area contributed by atoms with Crippen LogP contribution in [0.5, 0.6) is 0 Å². The van der Waals surface area contributed by atoms with Crippen molar-refractivity contribution in [1.29, 1.82) is 0 Å². The number of nitrogens with two attached hydrogens (primary N) is 1. The van der Waals surface area contributed by atoms with Gasteiger partial charge in [0.2, 0.25) is 0 Å². The molecule has 4 aliphatic carbocycles. The summed E-state index contributed by atoms with van der Waals surface area (Å²) in [5.41, 5.74) is 5.99. The Morgan fingerprint density at radius 2 is 1.60 bits per heavy atom. The maximum Gasteiger partial charge on any atom is 0.0801 e. The second kappa shape index (κ2) is 3.23. The highest BCUT2D eigenvalue weighted by Crippen LogP contribution is 2.61. The fourth-order valence-electron chi connectivity index (χ4n) is 4.98. The molecule has 2 heteroatoms. The Bertz CT molecular complexity index is 247. The van der Waals surface area contributed by atoms with Crippen molar-refractivity contribution in [3.63, 3.8) is 0 Å². The summed E-state index contributed by atoms with van der Waals surface area (Å²) in [5.74, 6) is 3.06. The first-order valence-electron chi connectivity index (χ1n) is 6.45. The van der Waals surface area contributed by atoms with Crippen molar-refractivity contribution in [3.8, 4) is 0 Å². The van der Waals surface area contributed by atoms with Gasteiger partial charge in [0, 0.05) is 0 Å². The van der Waals surface area contributed by atoms with Gasteiger partial charge in [0.15, 0.2) is 0 Å². The molecule has 0 aromatic heterocycles. The van der Waals surface area contributed by atoms with Crippen LogP contribution in [0, 0.1) is 23.2 Å². The molecule has 84 valence electrons. The van der Waals surface area contributed by atoms with Gasteiger partial charge in [-0.15, -0.1) is 0 Å². The van der Waals surface area contributed by atoms with E-state index in [-0.39, 0.29) is 0 Å². The van der Waals surface area contributed by atoms with Gasteiger partial charge in [0.05, 0.1) is 12.4 Å². The molecule has 0 saturated heterocycles. The van der Waals surface area contributed by atoms with Crippen molar-refractivity contribution in [2.75, 3.05) is 0 Å². The predicted octanol–water partition coefficient (Wildman–Crippen LogP) is 2.58. The summed E-state index contributed by atoms with van der Waals surface area (Å²) in [6, 6.07) is 0.455. The van der Waals surface area contributed by atoms with E-state index >= 15 is 0 Å². The molecule has 0 heterocycles. The third kappa shape index (κ3) is 1.41. The largest absolute Gasteiger partial charge is 0.390 e. The Labute approximate surface area is 92.3 Å². The van der Waals surface area contributed by atoms with Crippen LogP contribution in [-0.2, 0) is 0 Å². The lowest BCUT2D eigenvalue weighted by Gasteiger charge is -2.58. The number of nitrogens with zero attached hydrogens (tertiary/aromatic N) is 1. The third-order valence-electron chi connectivity index (χ3n) is 5.28. The normalized spacial score (nSPS) is 50.1. The Morgan fingerprint density at radius 3 is 2.00 bits per heavy atom. The SMILES string of the molecule is CC(N=CN)C12CC3CC(CC(C3)C1)C2. The topological polar surface area (TPSA) is 38.4 Å². The van der Waals surface area contributed by atoms with Crippen LogP contribution in [0.2, 0.25) is 0 Å². The quantitative estimate of drug-likeness (QED) is 0.547. The van der Waals surface area contributed by atoms with Gasteiger partial charge >= 0.3 is 0 Å². The molecule has 4 rings (SSSR count). The Morgan fingerprint density at radius 1 is 1.13 bits per heavy atom. The van der Waals surface area contributed by atoms with Gasteiger partial charge in [0.25, 0.3) is 0 Å². The van der Waals surface area contributed by atoms with E-state index in [2.05, 4.69) is 11.9 Å². The van der Waals surface area contributed by atoms with Crippen LogP contribution < -0.4 is 5.73 Å². The van der Waals surface area contributed by atoms with E-state index in [1.165, 1.54) is 44.9 Å². The van der Waals surface area contributed by atoms with Crippen molar-refractivity contribution >= 4 is 6.34 Å². The maximum atomic E-state index is 5.46. The molecule has 0 radical (unpaired) electrons. The minimum Gasteiger partial charge on any atom is -0.390 e. The lowest BCUT2D eigenvalue weighted by atomic mass is 9.48. The van der Waals surface area contributed by atoms with Crippen LogP contribution in [0.25, 0.3) is 0 Å². The maximum absolute atomic E-state index is 5.46. The summed E-state index contributed by atoms with van der Waals surface area (Å²) in [6.45, 7) is 2.27. The molecule has 0 aromatic carbocycles. The van der Waals surface area contributed by atoms with Crippen LogP contribution in [0.1, 0.15) is 45.4 Å². The van der Waals surface area contributed by atoms with Crippen LogP contribution in [0.15, 0.2) is 4.99 Å². The Hall–Kier alpha value is -0.530. The molecular formula is C13H22N2. The van der Waals surface area contributed by atoms with Gasteiger partial charge in [-0.3, -0.25) is 4.99 Å². The zero-order valence-electron chi connectivity index (χ0n) is 9.65. The molecule has 0 aromatic rings. The summed E-state index contributed by atoms with van der Waals surface area (Å²) in [4.78, 5) is 4.47. The zero-order valence-corrected chi connectivity index (χ0v) is 9.65. The van der Waals surface area contributed by atoms with Crippen molar-refractivity contribution < 1.29 is 0 Å². The third-order valence-corrected chi connectivity index (χ3v) is 5.28. The number of aliphatic imine (C=N–C) groups is 1. The molecule has 4 saturated carbocycles. The molecule has 1 unspecified atom stereocenters. The lowest BCUT2D eigenvalue weighted by Crippen LogP contribution is -2.50. The lowest BCUT2D eigenvalue weighted by molar-refractivity contribution is -0.0632. The van der Waals surface area contributed by atoms with E-state index in [1.807, 2.05) is 0 Å². The molecule has 4 bridgehead atoms. The van der Waals surface area contributed by atoms with Crippen molar-refractivity contribution in [2.24, 2.45) is 33.9 Å². The molecule has 0 amide bonds. The van der Waals surface area contributed by atoms with E-state index in [0.717, 1.165) is 17.8 Å². The molecule has 1 atom stereocenters. The van der Waals surface area contributed by atoms with Gasteiger partial charge in [-0.05, 0) is 68.6 Å². The van der Waals surface area contributed by atoms with E-state index in [1.54, 1.807) is 0 Å². The van der Waals surface area contributed by atoms with Crippen LogP contribution >= 0.6 is 0 Å². The molecule has 0 spiro atoms. The average Bonchev–Trinajstić information content (AvgIpc) is 2.15. The minimum atomic E-state index is 0.455. The highest BCUT2D eigenvalue weighted by atomic mass is 14.9. The van der Waals surface area contributed by atoms with Gasteiger partial charge < -0.3 is 5.73 Å². The van der Waals surface area contributed by atoms with Gasteiger partial charge in [-0.1, -0.05) is 0 Å². The van der Waals surface area contributed by atoms with E-state index < -0.39 is 0 Å². The summed E-state index contributed by atoms with van der Waals surface area (Å²) in [7, 11) is 0. The van der Waals surface area contributed by atoms with Crippen molar-refractivity contribution in [2.45, 2.75) is 51.5 Å². The zero-order chi connectivity index (χ0) is 10.5. The molecule has 2 nitrogen and oxygen atoms in total.